The quantitative estimate of drug-likeness (QED) is 0.727. The number of nitrogens with two attached hydrogens (primary N) is 1. The second-order valence-corrected chi connectivity index (χ2v) is 6.46. The van der Waals surface area contributed by atoms with Crippen LogP contribution < -0.4 is 16.0 Å². The Kier molecular flexibility index (Phi) is 5.16. The normalized spacial score (nSPS) is 14.3. The molecule has 0 atom stereocenters. The molecule has 6 heteroatoms. The van der Waals surface area contributed by atoms with E-state index in [2.05, 4.69) is 44.5 Å². The predicted octanol–water partition coefficient (Wildman–Crippen LogP) is 3.10. The zero-order valence-corrected chi connectivity index (χ0v) is 15.1. The van der Waals surface area contributed by atoms with E-state index >= 15 is 0 Å². The Balaban J connectivity index is 1.67. The number of nitrogens with one attached hydrogen (secondary N) is 1. The van der Waals surface area contributed by atoms with Crippen LogP contribution in [0.1, 0.15) is 17.2 Å². The van der Waals surface area contributed by atoms with Gasteiger partial charge in [0.1, 0.15) is 12.0 Å². The maximum atomic E-state index is 6.45. The van der Waals surface area contributed by atoms with Gasteiger partial charge in [-0.25, -0.2) is 9.97 Å². The first-order chi connectivity index (χ1) is 13.3. The summed E-state index contributed by atoms with van der Waals surface area (Å²) in [6.45, 7) is 2.93. The summed E-state index contributed by atoms with van der Waals surface area (Å²) in [5, 5.41) is 3.53. The summed E-state index contributed by atoms with van der Waals surface area (Å²) in [5.74, 6) is 1.40. The van der Waals surface area contributed by atoms with Crippen LogP contribution in [0.5, 0.6) is 0 Å². The van der Waals surface area contributed by atoms with Gasteiger partial charge in [0.25, 0.3) is 0 Å². The fourth-order valence-electron chi connectivity index (χ4n) is 3.32. The fraction of sp³-hybridized carbons (Fsp3) is 0.238. The molecule has 2 heterocycles. The van der Waals surface area contributed by atoms with E-state index in [1.807, 2.05) is 36.4 Å². The van der Waals surface area contributed by atoms with Crippen molar-refractivity contribution in [2.75, 3.05) is 42.3 Å². The van der Waals surface area contributed by atoms with Crippen LogP contribution in [0.3, 0.4) is 0 Å². The third kappa shape index (κ3) is 3.85. The van der Waals surface area contributed by atoms with Crippen molar-refractivity contribution in [2.45, 2.75) is 6.04 Å². The van der Waals surface area contributed by atoms with E-state index in [0.717, 1.165) is 30.0 Å². The monoisotopic (exact) mass is 361 g/mol. The van der Waals surface area contributed by atoms with Crippen molar-refractivity contribution in [2.24, 2.45) is 0 Å². The molecule has 1 aliphatic rings. The maximum Gasteiger partial charge on any atom is 0.157 e. The molecule has 0 radical (unpaired) electrons. The van der Waals surface area contributed by atoms with Gasteiger partial charge >= 0.3 is 0 Å². The van der Waals surface area contributed by atoms with Crippen molar-refractivity contribution >= 4 is 17.3 Å². The van der Waals surface area contributed by atoms with E-state index < -0.39 is 0 Å². The molecule has 3 aromatic rings. The Labute approximate surface area is 159 Å². The molecule has 2 aromatic carbocycles. The number of ether oxygens (including phenoxy) is 1. The average Bonchev–Trinajstić information content (AvgIpc) is 2.75. The molecule has 1 aliphatic heterocycles. The highest BCUT2D eigenvalue weighted by molar-refractivity contribution is 5.75. The van der Waals surface area contributed by atoms with Gasteiger partial charge in [0.05, 0.1) is 19.3 Å². The van der Waals surface area contributed by atoms with Gasteiger partial charge in [-0.15, -0.1) is 0 Å². The molecule has 4 rings (SSSR count). The average molecular weight is 361 g/mol. The summed E-state index contributed by atoms with van der Waals surface area (Å²) in [4.78, 5) is 11.0. The highest BCUT2D eigenvalue weighted by Crippen LogP contribution is 2.32. The largest absolute Gasteiger partial charge is 0.393 e. The fourth-order valence-corrected chi connectivity index (χ4v) is 3.32. The van der Waals surface area contributed by atoms with Gasteiger partial charge in [-0.1, -0.05) is 60.7 Å². The van der Waals surface area contributed by atoms with Crippen molar-refractivity contribution in [3.05, 3.63) is 78.1 Å². The zero-order chi connectivity index (χ0) is 18.5. The molecule has 1 saturated heterocycles. The number of hydrogen-bond acceptors (Lipinski definition) is 6. The molecule has 0 aliphatic carbocycles. The van der Waals surface area contributed by atoms with Crippen LogP contribution in [-0.4, -0.2) is 36.3 Å². The second-order valence-electron chi connectivity index (χ2n) is 6.46. The van der Waals surface area contributed by atoms with Crippen molar-refractivity contribution in [3.63, 3.8) is 0 Å². The smallest absolute Gasteiger partial charge is 0.157 e. The second kappa shape index (κ2) is 8.05. The van der Waals surface area contributed by atoms with Crippen molar-refractivity contribution in [3.8, 4) is 0 Å². The molecule has 27 heavy (non-hydrogen) atoms. The molecule has 0 bridgehead atoms. The lowest BCUT2D eigenvalue weighted by Crippen LogP contribution is -2.37. The van der Waals surface area contributed by atoms with E-state index in [0.29, 0.717) is 24.7 Å². The van der Waals surface area contributed by atoms with Crippen LogP contribution in [0.4, 0.5) is 17.3 Å². The number of nitrogen functional groups attached to an aromatic ring is 1. The number of nitrogens with zero attached hydrogens (tertiary/aromatic N) is 3. The number of aromatic nitrogens is 2. The Morgan fingerprint density at radius 1 is 0.889 bits per heavy atom. The van der Waals surface area contributed by atoms with Crippen LogP contribution in [-0.2, 0) is 4.74 Å². The minimum absolute atomic E-state index is 0.0536. The van der Waals surface area contributed by atoms with Crippen LogP contribution >= 0.6 is 0 Å². The van der Waals surface area contributed by atoms with E-state index in [-0.39, 0.29) is 6.04 Å². The van der Waals surface area contributed by atoms with Gasteiger partial charge in [0.15, 0.2) is 11.6 Å². The summed E-state index contributed by atoms with van der Waals surface area (Å²) in [6.07, 6.45) is 1.57. The molecule has 3 N–H and O–H groups in total. The highest BCUT2D eigenvalue weighted by Gasteiger charge is 2.20. The van der Waals surface area contributed by atoms with E-state index in [1.54, 1.807) is 6.33 Å². The Morgan fingerprint density at radius 2 is 1.48 bits per heavy atom. The Morgan fingerprint density at radius 3 is 2.07 bits per heavy atom. The van der Waals surface area contributed by atoms with E-state index in [1.165, 1.54) is 0 Å². The van der Waals surface area contributed by atoms with Gasteiger partial charge in [-0.2, -0.15) is 0 Å². The minimum Gasteiger partial charge on any atom is -0.393 e. The molecule has 0 amide bonds. The summed E-state index contributed by atoms with van der Waals surface area (Å²) < 4.78 is 5.43. The summed E-state index contributed by atoms with van der Waals surface area (Å²) in [7, 11) is 0. The Bertz CT molecular complexity index is 827. The lowest BCUT2D eigenvalue weighted by atomic mass is 9.99. The van der Waals surface area contributed by atoms with Crippen LogP contribution in [0, 0.1) is 0 Å². The highest BCUT2D eigenvalue weighted by atomic mass is 16.5. The van der Waals surface area contributed by atoms with Gasteiger partial charge in [0.2, 0.25) is 0 Å². The van der Waals surface area contributed by atoms with Crippen LogP contribution in [0.15, 0.2) is 67.0 Å². The molecular formula is C21H23N5O. The molecule has 6 nitrogen and oxygen atoms in total. The van der Waals surface area contributed by atoms with Gasteiger partial charge in [0, 0.05) is 13.1 Å². The third-order valence-electron chi connectivity index (χ3n) is 4.72. The molecule has 1 aromatic heterocycles. The first-order valence-corrected chi connectivity index (χ1v) is 9.12. The number of anilines is 3. The summed E-state index contributed by atoms with van der Waals surface area (Å²) >= 11 is 0. The third-order valence-corrected chi connectivity index (χ3v) is 4.72. The number of rotatable bonds is 5. The van der Waals surface area contributed by atoms with Crippen molar-refractivity contribution < 1.29 is 4.74 Å². The van der Waals surface area contributed by atoms with E-state index in [4.69, 9.17) is 10.5 Å². The maximum absolute atomic E-state index is 6.45. The number of hydrogen-bond donors (Lipinski definition) is 2. The molecule has 0 spiro atoms. The topological polar surface area (TPSA) is 76.3 Å². The van der Waals surface area contributed by atoms with Gasteiger partial charge in [-0.05, 0) is 11.1 Å². The van der Waals surface area contributed by atoms with E-state index in [9.17, 15) is 0 Å². The first-order valence-electron chi connectivity index (χ1n) is 9.12. The first kappa shape index (κ1) is 17.3. The minimum atomic E-state index is -0.0536. The van der Waals surface area contributed by atoms with Crippen molar-refractivity contribution in [1.82, 2.24) is 9.97 Å². The van der Waals surface area contributed by atoms with Gasteiger partial charge < -0.3 is 20.7 Å². The molecule has 138 valence electrons. The van der Waals surface area contributed by atoms with Crippen LogP contribution in [0.25, 0.3) is 0 Å². The summed E-state index contributed by atoms with van der Waals surface area (Å²) in [5.41, 5.74) is 9.31. The number of benzene rings is 2. The zero-order valence-electron chi connectivity index (χ0n) is 15.1. The van der Waals surface area contributed by atoms with Crippen LogP contribution in [0.2, 0.25) is 0 Å². The molecule has 0 saturated carbocycles. The SMILES string of the molecule is Nc1c(NC(c2ccccc2)c2ccccc2)ncnc1N1CCOCC1. The standard InChI is InChI=1S/C21H23N5O/c22-18-20(23-15-24-21(18)26-11-13-27-14-12-26)25-19(16-7-3-1-4-8-16)17-9-5-2-6-10-17/h1-10,15,19H,11-14,22H2,(H,23,24,25). The van der Waals surface area contributed by atoms with Gasteiger partial charge in [-0.3, -0.25) is 0 Å². The lowest BCUT2D eigenvalue weighted by Gasteiger charge is -2.29. The predicted molar refractivity (Wildman–Crippen MR) is 108 cm³/mol. The summed E-state index contributed by atoms with van der Waals surface area (Å²) in [6, 6.07) is 20.5. The Hall–Kier alpha value is -3.12. The van der Waals surface area contributed by atoms with Crippen molar-refractivity contribution in [1.29, 1.82) is 0 Å². The lowest BCUT2D eigenvalue weighted by molar-refractivity contribution is 0.122. The molecular weight excluding hydrogens is 338 g/mol. The number of morpholine rings is 1. The molecule has 1 fully saturated rings. The molecule has 0 unspecified atom stereocenters.